The van der Waals surface area contributed by atoms with Crippen molar-refractivity contribution in [2.24, 2.45) is 0 Å². The number of aromatic nitrogens is 2. The van der Waals surface area contributed by atoms with E-state index in [-0.39, 0.29) is 62.2 Å². The van der Waals surface area contributed by atoms with Crippen molar-refractivity contribution < 1.29 is 49.0 Å². The molecule has 13 heteroatoms. The molecule has 4 aliphatic rings. The van der Waals surface area contributed by atoms with E-state index in [0.717, 1.165) is 92.3 Å². The van der Waals surface area contributed by atoms with E-state index >= 15 is 0 Å². The summed E-state index contributed by atoms with van der Waals surface area (Å²) in [7, 11) is 0. The SMILES string of the molecule is O=C(O)C[C@H](O)C[C@H](O)[C@@H]1Cc2c(C3CC3)nc3ccccc3c2-c2ccc(F)cc21.O=C(O)C[C@H](O)C[C@H](O)[C@@H]1Cc2c(C3CC3)nc3ccccc3c2-c2ccc(F)cc21.[Ca+2]. The number of fused-ring (bicyclic) bond motifs is 10. The summed E-state index contributed by atoms with van der Waals surface area (Å²) in [5, 5.41) is 62.0. The van der Waals surface area contributed by atoms with Crippen LogP contribution in [-0.2, 0) is 22.4 Å². The van der Waals surface area contributed by atoms with Crippen LogP contribution in [0.3, 0.4) is 0 Å². The van der Waals surface area contributed by atoms with Gasteiger partial charge in [0.2, 0.25) is 0 Å². The second kappa shape index (κ2) is 18.6. The van der Waals surface area contributed by atoms with Crippen LogP contribution in [-0.4, -0.2) is 115 Å². The minimum absolute atomic E-state index is 0. The van der Waals surface area contributed by atoms with Crippen LogP contribution in [0.15, 0.2) is 84.9 Å². The second-order valence-corrected chi connectivity index (χ2v) is 17.5. The molecule has 0 amide bonds. The first-order valence-corrected chi connectivity index (χ1v) is 21.4. The Bertz CT molecular complexity index is 2540. The van der Waals surface area contributed by atoms with Crippen molar-refractivity contribution in [3.8, 4) is 22.3 Å². The molecule has 6 aromatic rings. The molecule has 10 nitrogen and oxygen atoms in total. The molecule has 2 aromatic heterocycles. The van der Waals surface area contributed by atoms with Crippen molar-refractivity contribution in [3.63, 3.8) is 0 Å². The van der Waals surface area contributed by atoms with Crippen molar-refractivity contribution in [3.05, 3.63) is 130 Å². The fraction of sp³-hybridized carbons (Fsp3) is 0.360. The van der Waals surface area contributed by atoms with E-state index in [9.17, 15) is 38.8 Å². The number of pyridine rings is 2. The Kier molecular flexibility index (Phi) is 13.3. The number of aliphatic carboxylic acids is 2. The number of rotatable bonds is 12. The third-order valence-corrected chi connectivity index (χ3v) is 13.0. The van der Waals surface area contributed by atoms with Gasteiger partial charge >= 0.3 is 49.7 Å². The normalized spacial score (nSPS) is 19.2. The molecule has 10 rings (SSSR count). The molecule has 63 heavy (non-hydrogen) atoms. The minimum Gasteiger partial charge on any atom is -0.481 e. The number of aliphatic hydroxyl groups is 4. The smallest absolute Gasteiger partial charge is 0.481 e. The van der Waals surface area contributed by atoms with Gasteiger partial charge in [0.25, 0.3) is 0 Å². The third kappa shape index (κ3) is 9.40. The Morgan fingerprint density at radius 1 is 0.587 bits per heavy atom. The number of carbonyl (C=O) groups is 2. The topological polar surface area (TPSA) is 181 Å². The first-order valence-electron chi connectivity index (χ1n) is 21.4. The number of nitrogens with zero attached hydrogens (tertiary/aromatic N) is 2. The van der Waals surface area contributed by atoms with Crippen molar-refractivity contribution in [1.29, 1.82) is 0 Å². The van der Waals surface area contributed by atoms with Gasteiger partial charge in [0.1, 0.15) is 11.6 Å². The minimum atomic E-state index is -1.16. The van der Waals surface area contributed by atoms with E-state index in [0.29, 0.717) is 35.8 Å². The average Bonchev–Trinajstić information content (AvgIpc) is 4.17. The zero-order valence-electron chi connectivity index (χ0n) is 34.6. The van der Waals surface area contributed by atoms with Crippen molar-refractivity contribution in [2.45, 2.75) is 112 Å². The summed E-state index contributed by atoms with van der Waals surface area (Å²) in [6.07, 6.45) is -0.0629. The summed E-state index contributed by atoms with van der Waals surface area (Å²) in [6.45, 7) is 0. The molecule has 4 aromatic carbocycles. The molecule has 4 aliphatic carbocycles. The molecule has 2 fully saturated rings. The van der Waals surface area contributed by atoms with Gasteiger partial charge in [0, 0.05) is 58.7 Å². The molecule has 0 saturated heterocycles. The zero-order valence-corrected chi connectivity index (χ0v) is 36.8. The van der Waals surface area contributed by atoms with Gasteiger partial charge in [-0.05, 0) is 119 Å². The van der Waals surface area contributed by atoms with Crippen LogP contribution in [0.25, 0.3) is 44.1 Å². The van der Waals surface area contributed by atoms with Gasteiger partial charge in [0.15, 0.2) is 0 Å². The Morgan fingerprint density at radius 3 is 1.33 bits per heavy atom. The van der Waals surface area contributed by atoms with E-state index in [1.807, 2.05) is 48.5 Å². The number of para-hydroxylation sites is 2. The van der Waals surface area contributed by atoms with Crippen molar-refractivity contribution in [1.82, 2.24) is 9.97 Å². The summed E-state index contributed by atoms with van der Waals surface area (Å²) in [4.78, 5) is 31.8. The molecule has 0 unspecified atom stereocenters. The number of benzene rings is 4. The molecule has 0 radical (unpaired) electrons. The Morgan fingerprint density at radius 2 is 0.968 bits per heavy atom. The van der Waals surface area contributed by atoms with Gasteiger partial charge in [-0.2, -0.15) is 0 Å². The van der Waals surface area contributed by atoms with Gasteiger partial charge in [-0.15, -0.1) is 0 Å². The molecule has 0 aliphatic heterocycles. The summed E-state index contributed by atoms with van der Waals surface area (Å²) in [5.74, 6) is -3.09. The predicted octanol–water partition coefficient (Wildman–Crippen LogP) is 7.91. The van der Waals surface area contributed by atoms with Gasteiger partial charge in [-0.1, -0.05) is 48.5 Å². The maximum absolute atomic E-state index is 14.3. The number of carboxylic acids is 2. The monoisotopic (exact) mass is 882 g/mol. The van der Waals surface area contributed by atoms with Crippen LogP contribution in [0, 0.1) is 11.6 Å². The molecule has 6 atom stereocenters. The second-order valence-electron chi connectivity index (χ2n) is 17.5. The van der Waals surface area contributed by atoms with Crippen molar-refractivity contribution >= 4 is 71.5 Å². The number of halogens is 2. The van der Waals surface area contributed by atoms with Gasteiger partial charge < -0.3 is 30.6 Å². The molecule has 6 N–H and O–H groups in total. The fourth-order valence-electron chi connectivity index (χ4n) is 9.90. The Hall–Kier alpha value is -4.40. The number of aliphatic hydroxyl groups excluding tert-OH is 4. The number of carboxylic acid groups (broad SMARTS) is 2. The number of hydrogen-bond donors (Lipinski definition) is 6. The maximum Gasteiger partial charge on any atom is 2.00 e. The van der Waals surface area contributed by atoms with E-state index < -0.39 is 61.0 Å². The van der Waals surface area contributed by atoms with Gasteiger partial charge in [0.05, 0.1) is 48.3 Å². The van der Waals surface area contributed by atoms with E-state index in [1.165, 1.54) is 24.3 Å². The molecular weight excluding hydrogens is 835 g/mol. The molecule has 2 heterocycles. The summed E-state index contributed by atoms with van der Waals surface area (Å²) >= 11 is 0. The quantitative estimate of drug-likeness (QED) is 0.0662. The summed E-state index contributed by atoms with van der Waals surface area (Å²) in [5.41, 5.74) is 11.3. The van der Waals surface area contributed by atoms with Crippen LogP contribution in [0.4, 0.5) is 8.78 Å². The fourth-order valence-corrected chi connectivity index (χ4v) is 9.90. The third-order valence-electron chi connectivity index (χ3n) is 13.0. The Labute approximate surface area is 392 Å². The Balaban J connectivity index is 0.000000170. The number of hydrogen-bond acceptors (Lipinski definition) is 8. The first kappa shape index (κ1) is 45.2. The molecule has 0 spiro atoms. The average molecular weight is 883 g/mol. The van der Waals surface area contributed by atoms with Crippen LogP contribution in [0.2, 0.25) is 0 Å². The molecule has 320 valence electrons. The summed E-state index contributed by atoms with van der Waals surface area (Å²) in [6, 6.07) is 25.2. The molecule has 2 saturated carbocycles. The van der Waals surface area contributed by atoms with E-state index in [4.69, 9.17) is 20.2 Å². The van der Waals surface area contributed by atoms with Crippen LogP contribution >= 0.6 is 0 Å². The summed E-state index contributed by atoms with van der Waals surface area (Å²) < 4.78 is 28.5. The van der Waals surface area contributed by atoms with Crippen LogP contribution < -0.4 is 0 Å². The van der Waals surface area contributed by atoms with E-state index in [1.54, 1.807) is 12.1 Å². The largest absolute Gasteiger partial charge is 2.00 e. The zero-order chi connectivity index (χ0) is 43.4. The van der Waals surface area contributed by atoms with Gasteiger partial charge in [-0.25, -0.2) is 8.78 Å². The van der Waals surface area contributed by atoms with Crippen LogP contribution in [0.5, 0.6) is 0 Å². The van der Waals surface area contributed by atoms with E-state index in [2.05, 4.69) is 0 Å². The standard InChI is InChI=1S/2C25H24FNO4.Ca/c2*26-14-7-8-16-18(9-14)19(22(29)10-15(28)11-23(30)31)12-20-24(16)17-3-1-2-4-21(17)27-25(20)13-5-6-13;/h2*1-4,7-9,13,15,19,22,28-29H,5-6,10-12H2,(H,30,31);/q;;+2/t2*15-,19-,22+;/m11./s1. The molecular formula is C50H48CaF2N2O8+2. The van der Waals surface area contributed by atoms with Crippen LogP contribution in [0.1, 0.15) is 109 Å². The molecule has 0 bridgehead atoms. The van der Waals surface area contributed by atoms with Crippen molar-refractivity contribution in [2.75, 3.05) is 0 Å². The first-order chi connectivity index (χ1) is 29.8. The maximum atomic E-state index is 14.3. The predicted molar refractivity (Wildman–Crippen MR) is 235 cm³/mol. The van der Waals surface area contributed by atoms with Gasteiger partial charge in [-0.3, -0.25) is 19.6 Å².